The molecule has 1 aromatic rings. The van der Waals surface area contributed by atoms with Gasteiger partial charge in [-0.3, -0.25) is 0 Å². The zero-order chi connectivity index (χ0) is 8.10. The Bertz CT molecular complexity index is 232. The van der Waals surface area contributed by atoms with Gasteiger partial charge in [0.1, 0.15) is 0 Å². The van der Waals surface area contributed by atoms with E-state index in [1.54, 1.807) is 10.9 Å². The molecule has 68 valence electrons. The average molecular weight is 279 g/mol. The van der Waals surface area contributed by atoms with E-state index in [2.05, 4.69) is 23.2 Å². The molecule has 0 unspecified atom stereocenters. The van der Waals surface area contributed by atoms with Crippen LogP contribution in [0.3, 0.4) is 0 Å². The SMILES string of the molecule is C=Cn1c[n+](CCCC)cn1.[I-]. The molecule has 0 amide bonds. The van der Waals surface area contributed by atoms with Crippen molar-refractivity contribution in [2.24, 2.45) is 0 Å². The van der Waals surface area contributed by atoms with Crippen molar-refractivity contribution in [3.63, 3.8) is 0 Å². The Balaban J connectivity index is 0.00000121. The summed E-state index contributed by atoms with van der Waals surface area (Å²) in [5.74, 6) is 0. The summed E-state index contributed by atoms with van der Waals surface area (Å²) in [7, 11) is 0. The van der Waals surface area contributed by atoms with Crippen LogP contribution >= 0.6 is 0 Å². The molecule has 0 aliphatic rings. The number of aromatic nitrogens is 3. The number of halogens is 1. The van der Waals surface area contributed by atoms with E-state index in [0.717, 1.165) is 6.54 Å². The summed E-state index contributed by atoms with van der Waals surface area (Å²) in [6.07, 6.45) is 7.85. The van der Waals surface area contributed by atoms with Gasteiger partial charge in [0.25, 0.3) is 6.33 Å². The van der Waals surface area contributed by atoms with Crippen LogP contribution < -0.4 is 28.5 Å². The molecule has 0 fully saturated rings. The lowest BCUT2D eigenvalue weighted by Crippen LogP contribution is -3.00. The zero-order valence-electron chi connectivity index (χ0n) is 7.28. The molecule has 0 N–H and O–H groups in total. The fourth-order valence-corrected chi connectivity index (χ4v) is 0.888. The molecule has 0 aliphatic heterocycles. The lowest BCUT2D eigenvalue weighted by Gasteiger charge is -1.90. The Labute approximate surface area is 90.1 Å². The highest BCUT2D eigenvalue weighted by Crippen LogP contribution is 1.85. The summed E-state index contributed by atoms with van der Waals surface area (Å²) >= 11 is 0. The maximum atomic E-state index is 4.05. The normalized spacial score (nSPS) is 9.08. The van der Waals surface area contributed by atoms with Gasteiger partial charge in [0.05, 0.1) is 12.7 Å². The van der Waals surface area contributed by atoms with Crippen LogP contribution in [0.4, 0.5) is 0 Å². The van der Waals surface area contributed by atoms with Gasteiger partial charge >= 0.3 is 0 Å². The van der Waals surface area contributed by atoms with Gasteiger partial charge in [0.2, 0.25) is 6.33 Å². The van der Waals surface area contributed by atoms with Crippen LogP contribution in [-0.4, -0.2) is 9.78 Å². The molecule has 0 saturated carbocycles. The van der Waals surface area contributed by atoms with Gasteiger partial charge in [0, 0.05) is 5.10 Å². The second kappa shape index (κ2) is 6.16. The molecule has 12 heavy (non-hydrogen) atoms. The second-order valence-corrected chi connectivity index (χ2v) is 2.50. The summed E-state index contributed by atoms with van der Waals surface area (Å²) in [5, 5.41) is 4.05. The second-order valence-electron chi connectivity index (χ2n) is 2.50. The van der Waals surface area contributed by atoms with Gasteiger partial charge in [-0.05, 0) is 6.42 Å². The minimum absolute atomic E-state index is 0. The van der Waals surface area contributed by atoms with Crippen molar-refractivity contribution in [2.45, 2.75) is 26.3 Å². The Hall–Kier alpha value is -0.390. The largest absolute Gasteiger partial charge is 1.00 e. The maximum absolute atomic E-state index is 4.05. The molecule has 3 nitrogen and oxygen atoms in total. The van der Waals surface area contributed by atoms with E-state index in [9.17, 15) is 0 Å². The van der Waals surface area contributed by atoms with Gasteiger partial charge < -0.3 is 24.0 Å². The highest BCUT2D eigenvalue weighted by molar-refractivity contribution is 5.09. The van der Waals surface area contributed by atoms with Crippen molar-refractivity contribution >= 4 is 6.20 Å². The summed E-state index contributed by atoms with van der Waals surface area (Å²) in [5.41, 5.74) is 0. The van der Waals surface area contributed by atoms with Crippen molar-refractivity contribution in [3.8, 4) is 0 Å². The lowest BCUT2D eigenvalue weighted by atomic mass is 10.3. The van der Waals surface area contributed by atoms with Gasteiger partial charge in [-0.2, -0.15) is 0 Å². The number of rotatable bonds is 4. The number of aryl methyl sites for hydroxylation is 1. The molecular formula is C8H14IN3. The molecular weight excluding hydrogens is 265 g/mol. The van der Waals surface area contributed by atoms with Crippen LogP contribution in [0, 0.1) is 0 Å². The van der Waals surface area contributed by atoms with Gasteiger partial charge in [-0.25, -0.2) is 4.57 Å². The fourth-order valence-electron chi connectivity index (χ4n) is 0.888. The highest BCUT2D eigenvalue weighted by atomic mass is 127. The topological polar surface area (TPSA) is 21.7 Å². The van der Waals surface area contributed by atoms with E-state index in [1.165, 1.54) is 12.8 Å². The van der Waals surface area contributed by atoms with Crippen molar-refractivity contribution < 1.29 is 28.5 Å². The first-order chi connectivity index (χ1) is 5.36. The molecule has 0 aromatic carbocycles. The Morgan fingerprint density at radius 1 is 1.67 bits per heavy atom. The predicted molar refractivity (Wildman–Crippen MR) is 43.7 cm³/mol. The number of hydrogen-bond acceptors (Lipinski definition) is 1. The molecule has 0 atom stereocenters. The standard InChI is InChI=1S/C8H14N3.HI/c1-3-5-6-10-7-9-11(4-2)8-10;/h4,7-8H,2-3,5-6H2,1H3;1H/q+1;/p-1. The van der Waals surface area contributed by atoms with Gasteiger partial charge in [0.15, 0.2) is 0 Å². The van der Waals surface area contributed by atoms with Crippen LogP contribution in [0.5, 0.6) is 0 Å². The Morgan fingerprint density at radius 2 is 2.42 bits per heavy atom. The first kappa shape index (κ1) is 11.6. The van der Waals surface area contributed by atoms with Crippen LogP contribution in [0.15, 0.2) is 19.2 Å². The van der Waals surface area contributed by atoms with Crippen molar-refractivity contribution in [3.05, 3.63) is 19.2 Å². The van der Waals surface area contributed by atoms with Crippen molar-refractivity contribution in [2.75, 3.05) is 0 Å². The summed E-state index contributed by atoms with van der Waals surface area (Å²) in [6.45, 7) is 6.84. The summed E-state index contributed by atoms with van der Waals surface area (Å²) < 4.78 is 3.76. The third-order valence-electron chi connectivity index (χ3n) is 1.56. The molecule has 0 radical (unpaired) electrons. The smallest absolute Gasteiger partial charge is 0.265 e. The van der Waals surface area contributed by atoms with E-state index in [4.69, 9.17) is 0 Å². The molecule has 0 saturated heterocycles. The number of hydrogen-bond donors (Lipinski definition) is 0. The summed E-state index contributed by atoms with van der Waals surface area (Å²) in [4.78, 5) is 0. The van der Waals surface area contributed by atoms with E-state index in [1.807, 2.05) is 12.7 Å². The van der Waals surface area contributed by atoms with E-state index in [0.29, 0.717) is 0 Å². The van der Waals surface area contributed by atoms with E-state index in [-0.39, 0.29) is 24.0 Å². The third-order valence-corrected chi connectivity index (χ3v) is 1.56. The first-order valence-corrected chi connectivity index (χ1v) is 3.92. The quantitative estimate of drug-likeness (QED) is 0.465. The fraction of sp³-hybridized carbons (Fsp3) is 0.500. The van der Waals surface area contributed by atoms with Crippen LogP contribution in [0.25, 0.3) is 6.20 Å². The lowest BCUT2D eigenvalue weighted by molar-refractivity contribution is -0.697. The van der Waals surface area contributed by atoms with E-state index >= 15 is 0 Å². The van der Waals surface area contributed by atoms with Crippen molar-refractivity contribution in [1.82, 2.24) is 9.78 Å². The monoisotopic (exact) mass is 279 g/mol. The van der Waals surface area contributed by atoms with Crippen LogP contribution in [0.2, 0.25) is 0 Å². The number of unbranched alkanes of at least 4 members (excludes halogenated alkanes) is 1. The van der Waals surface area contributed by atoms with Crippen LogP contribution in [-0.2, 0) is 6.54 Å². The minimum Gasteiger partial charge on any atom is -1.00 e. The third kappa shape index (κ3) is 3.34. The maximum Gasteiger partial charge on any atom is 0.265 e. The van der Waals surface area contributed by atoms with E-state index < -0.39 is 0 Å². The first-order valence-electron chi connectivity index (χ1n) is 3.92. The van der Waals surface area contributed by atoms with Gasteiger partial charge in [-0.15, -0.1) is 0 Å². The summed E-state index contributed by atoms with van der Waals surface area (Å²) in [6, 6.07) is 0. The molecule has 0 spiro atoms. The number of nitrogens with zero attached hydrogens (tertiary/aromatic N) is 3. The predicted octanol–water partition coefficient (Wildman–Crippen LogP) is -1.92. The highest BCUT2D eigenvalue weighted by Gasteiger charge is 1.99. The molecule has 1 heterocycles. The Morgan fingerprint density at radius 3 is 2.92 bits per heavy atom. The average Bonchev–Trinajstić information content (AvgIpc) is 2.48. The molecule has 4 heteroatoms. The van der Waals surface area contributed by atoms with Crippen LogP contribution in [0.1, 0.15) is 19.8 Å². The van der Waals surface area contributed by atoms with Gasteiger partial charge in [-0.1, -0.05) is 24.6 Å². The van der Waals surface area contributed by atoms with Crippen molar-refractivity contribution in [1.29, 1.82) is 0 Å². The zero-order valence-corrected chi connectivity index (χ0v) is 9.44. The molecule has 0 aliphatic carbocycles. The molecule has 1 aromatic heterocycles. The molecule has 1 rings (SSSR count). The Kier molecular flexibility index (Phi) is 5.96. The molecule has 0 bridgehead atoms. The minimum atomic E-state index is 0.